The SMILES string of the molecule is CC(=O)CCCCCCN(C(=O)C1CCCN(C)CC1)c1ccc(-c2ccc(C)c(C=C(C)C)c2)cc1. The topological polar surface area (TPSA) is 40.6 Å². The molecular formula is C33H46N2O2. The number of likely N-dealkylation sites (tertiary alicyclic amines) is 1. The van der Waals surface area contributed by atoms with Crippen LogP contribution in [0.5, 0.6) is 0 Å². The van der Waals surface area contributed by atoms with Crippen molar-refractivity contribution in [3.63, 3.8) is 0 Å². The van der Waals surface area contributed by atoms with Crippen molar-refractivity contribution in [2.24, 2.45) is 5.92 Å². The molecule has 2 aromatic carbocycles. The van der Waals surface area contributed by atoms with Crippen molar-refractivity contribution < 1.29 is 9.59 Å². The highest BCUT2D eigenvalue weighted by Gasteiger charge is 2.27. The molecule has 2 aromatic rings. The first-order valence-electron chi connectivity index (χ1n) is 14.1. The third-order valence-corrected chi connectivity index (χ3v) is 7.46. The van der Waals surface area contributed by atoms with E-state index in [1.807, 2.05) is 4.90 Å². The Balaban J connectivity index is 1.77. The van der Waals surface area contributed by atoms with E-state index in [0.29, 0.717) is 6.42 Å². The van der Waals surface area contributed by atoms with Crippen LogP contribution in [0.15, 0.2) is 48.0 Å². The van der Waals surface area contributed by atoms with E-state index >= 15 is 0 Å². The van der Waals surface area contributed by atoms with E-state index in [9.17, 15) is 9.59 Å². The number of hydrogen-bond acceptors (Lipinski definition) is 3. The van der Waals surface area contributed by atoms with Gasteiger partial charge in [-0.1, -0.05) is 48.8 Å². The monoisotopic (exact) mass is 502 g/mol. The van der Waals surface area contributed by atoms with Gasteiger partial charge >= 0.3 is 0 Å². The molecule has 3 rings (SSSR count). The normalized spacial score (nSPS) is 16.2. The summed E-state index contributed by atoms with van der Waals surface area (Å²) >= 11 is 0. The molecule has 1 fully saturated rings. The second kappa shape index (κ2) is 14.3. The number of rotatable bonds is 11. The van der Waals surface area contributed by atoms with E-state index in [0.717, 1.165) is 70.3 Å². The van der Waals surface area contributed by atoms with E-state index in [1.165, 1.54) is 27.8 Å². The van der Waals surface area contributed by atoms with Crippen LogP contribution in [0.25, 0.3) is 17.2 Å². The Hall–Kier alpha value is -2.72. The molecule has 0 bridgehead atoms. The van der Waals surface area contributed by atoms with Crippen LogP contribution in [0.4, 0.5) is 5.69 Å². The predicted octanol–water partition coefficient (Wildman–Crippen LogP) is 7.69. The zero-order valence-corrected chi connectivity index (χ0v) is 23.7. The number of aryl methyl sites for hydroxylation is 1. The van der Waals surface area contributed by atoms with Crippen molar-refractivity contribution in [2.45, 2.75) is 79.1 Å². The summed E-state index contributed by atoms with van der Waals surface area (Å²) in [6.07, 6.45) is 9.84. The molecule has 4 heteroatoms. The number of ketones is 1. The van der Waals surface area contributed by atoms with Gasteiger partial charge in [0.05, 0.1) is 0 Å². The largest absolute Gasteiger partial charge is 0.312 e. The van der Waals surface area contributed by atoms with Gasteiger partial charge in [0.15, 0.2) is 0 Å². The number of unbranched alkanes of at least 4 members (excludes halogenated alkanes) is 3. The highest BCUT2D eigenvalue weighted by molar-refractivity contribution is 5.95. The van der Waals surface area contributed by atoms with Gasteiger partial charge in [0.25, 0.3) is 0 Å². The average molecular weight is 503 g/mol. The lowest BCUT2D eigenvalue weighted by Gasteiger charge is -2.27. The second-order valence-electron chi connectivity index (χ2n) is 11.1. The number of nitrogens with zero attached hydrogens (tertiary/aromatic N) is 2. The number of carbonyl (C=O) groups excluding carboxylic acids is 2. The minimum Gasteiger partial charge on any atom is -0.312 e. The third-order valence-electron chi connectivity index (χ3n) is 7.46. The Morgan fingerprint density at radius 1 is 0.919 bits per heavy atom. The van der Waals surface area contributed by atoms with Crippen LogP contribution >= 0.6 is 0 Å². The standard InChI is InChI=1S/C33H46N2O2/c1-25(2)23-31-24-30(14-13-26(31)3)28-15-17-32(18-16-28)35(21-9-7-6-8-11-27(4)36)33(37)29-12-10-20-34(5)22-19-29/h13-18,23-24,29H,6-12,19-22H2,1-5H3. The summed E-state index contributed by atoms with van der Waals surface area (Å²) in [6.45, 7) is 10.9. The van der Waals surface area contributed by atoms with E-state index < -0.39 is 0 Å². The van der Waals surface area contributed by atoms with Crippen molar-refractivity contribution in [2.75, 3.05) is 31.6 Å². The molecule has 0 aromatic heterocycles. The maximum Gasteiger partial charge on any atom is 0.230 e. The molecule has 200 valence electrons. The number of amides is 1. The molecule has 0 aliphatic carbocycles. The van der Waals surface area contributed by atoms with E-state index in [2.05, 4.69) is 81.3 Å². The van der Waals surface area contributed by atoms with Gasteiger partial charge in [-0.25, -0.2) is 0 Å². The summed E-state index contributed by atoms with van der Waals surface area (Å²) in [4.78, 5) is 29.4. The zero-order valence-electron chi connectivity index (χ0n) is 23.7. The van der Waals surface area contributed by atoms with Crippen molar-refractivity contribution in [3.05, 3.63) is 59.2 Å². The van der Waals surface area contributed by atoms with Crippen LogP contribution in [0, 0.1) is 12.8 Å². The average Bonchev–Trinajstić information content (AvgIpc) is 3.09. The Morgan fingerprint density at radius 2 is 1.62 bits per heavy atom. The van der Waals surface area contributed by atoms with Gasteiger partial charge in [0, 0.05) is 24.6 Å². The van der Waals surface area contributed by atoms with Crippen LogP contribution in [-0.2, 0) is 9.59 Å². The fourth-order valence-electron chi connectivity index (χ4n) is 5.19. The number of hydrogen-bond donors (Lipinski definition) is 0. The Labute approximate surface area is 224 Å². The first-order valence-corrected chi connectivity index (χ1v) is 14.1. The van der Waals surface area contributed by atoms with Crippen LogP contribution in [0.1, 0.15) is 83.3 Å². The smallest absolute Gasteiger partial charge is 0.230 e. The highest BCUT2D eigenvalue weighted by atomic mass is 16.2. The summed E-state index contributed by atoms with van der Waals surface area (Å²) < 4.78 is 0. The summed E-state index contributed by atoms with van der Waals surface area (Å²) in [5.41, 5.74) is 7.17. The van der Waals surface area contributed by atoms with Gasteiger partial charge in [-0.3, -0.25) is 4.79 Å². The summed E-state index contributed by atoms with van der Waals surface area (Å²) in [7, 11) is 2.15. The van der Waals surface area contributed by atoms with Crippen molar-refractivity contribution in [1.29, 1.82) is 0 Å². The number of Topliss-reactive ketones (excluding diaryl/α,β-unsaturated/α-hetero) is 1. The molecular weight excluding hydrogens is 456 g/mol. The molecule has 4 nitrogen and oxygen atoms in total. The lowest BCUT2D eigenvalue weighted by molar-refractivity contribution is -0.122. The number of benzene rings is 2. The Kier molecular flexibility index (Phi) is 11.1. The fraction of sp³-hybridized carbons (Fsp3) is 0.515. The van der Waals surface area contributed by atoms with Crippen LogP contribution in [0.2, 0.25) is 0 Å². The Bertz CT molecular complexity index is 1070. The quantitative estimate of drug-likeness (QED) is 0.296. The summed E-state index contributed by atoms with van der Waals surface area (Å²) in [6, 6.07) is 15.2. The van der Waals surface area contributed by atoms with Gasteiger partial charge in [-0.05, 0) is 120 Å². The van der Waals surface area contributed by atoms with Gasteiger partial charge in [0.2, 0.25) is 5.91 Å². The van der Waals surface area contributed by atoms with Gasteiger partial charge < -0.3 is 14.6 Å². The molecule has 0 saturated carbocycles. The molecule has 0 radical (unpaired) electrons. The maximum absolute atomic E-state index is 13.8. The van der Waals surface area contributed by atoms with Gasteiger partial charge in [-0.15, -0.1) is 0 Å². The van der Waals surface area contributed by atoms with E-state index in [-0.39, 0.29) is 17.6 Å². The third kappa shape index (κ3) is 8.96. The second-order valence-corrected chi connectivity index (χ2v) is 11.1. The minimum atomic E-state index is 0.0890. The van der Waals surface area contributed by atoms with Gasteiger partial charge in [-0.2, -0.15) is 0 Å². The van der Waals surface area contributed by atoms with Gasteiger partial charge in [0.1, 0.15) is 5.78 Å². The minimum absolute atomic E-state index is 0.0890. The number of allylic oxidation sites excluding steroid dienone is 1. The summed E-state index contributed by atoms with van der Waals surface area (Å²) in [5.74, 6) is 0.621. The van der Waals surface area contributed by atoms with Crippen molar-refractivity contribution in [3.8, 4) is 11.1 Å². The van der Waals surface area contributed by atoms with Crippen molar-refractivity contribution in [1.82, 2.24) is 4.90 Å². The first-order chi connectivity index (χ1) is 17.7. The molecule has 1 saturated heterocycles. The zero-order chi connectivity index (χ0) is 26.8. The lowest BCUT2D eigenvalue weighted by Crippen LogP contribution is -2.37. The highest BCUT2D eigenvalue weighted by Crippen LogP contribution is 2.29. The first kappa shape index (κ1) is 28.8. The van der Waals surface area contributed by atoms with E-state index in [4.69, 9.17) is 0 Å². The van der Waals surface area contributed by atoms with Crippen LogP contribution < -0.4 is 4.90 Å². The molecule has 0 N–H and O–H groups in total. The van der Waals surface area contributed by atoms with Crippen molar-refractivity contribution >= 4 is 23.5 Å². The lowest BCUT2D eigenvalue weighted by atomic mass is 9.97. The molecule has 1 atom stereocenters. The maximum atomic E-state index is 13.8. The fourth-order valence-corrected chi connectivity index (χ4v) is 5.19. The number of carbonyl (C=O) groups is 2. The van der Waals surface area contributed by atoms with Crippen LogP contribution in [0.3, 0.4) is 0 Å². The van der Waals surface area contributed by atoms with Crippen LogP contribution in [-0.4, -0.2) is 43.3 Å². The predicted molar refractivity (Wildman–Crippen MR) is 157 cm³/mol. The molecule has 0 spiro atoms. The molecule has 1 aliphatic rings. The van der Waals surface area contributed by atoms with E-state index in [1.54, 1.807) is 6.92 Å². The molecule has 37 heavy (non-hydrogen) atoms. The molecule has 1 unspecified atom stereocenters. The molecule has 1 amide bonds. The number of anilines is 1. The summed E-state index contributed by atoms with van der Waals surface area (Å²) in [5, 5.41) is 0. The Morgan fingerprint density at radius 3 is 2.32 bits per heavy atom. The molecule has 1 aliphatic heterocycles. The molecule has 1 heterocycles.